The SMILES string of the molecule is Cc1ccc2c(c1)CCCN2c1cnc(C(N)=S)cn1. The highest BCUT2D eigenvalue weighted by molar-refractivity contribution is 7.80. The van der Waals surface area contributed by atoms with Crippen molar-refractivity contribution in [2.24, 2.45) is 5.73 Å². The van der Waals surface area contributed by atoms with Gasteiger partial charge in [0.1, 0.15) is 10.7 Å². The summed E-state index contributed by atoms with van der Waals surface area (Å²) in [7, 11) is 0. The van der Waals surface area contributed by atoms with Gasteiger partial charge in [-0.3, -0.25) is 0 Å². The van der Waals surface area contributed by atoms with E-state index in [1.807, 2.05) is 0 Å². The quantitative estimate of drug-likeness (QED) is 0.859. The van der Waals surface area contributed by atoms with E-state index in [1.54, 1.807) is 12.4 Å². The molecule has 0 aliphatic carbocycles. The first kappa shape index (κ1) is 13.0. The number of hydrogen-bond acceptors (Lipinski definition) is 4. The number of benzene rings is 1. The number of aryl methyl sites for hydroxylation is 2. The maximum atomic E-state index is 5.55. The van der Waals surface area contributed by atoms with Crippen LogP contribution < -0.4 is 10.6 Å². The van der Waals surface area contributed by atoms with Crippen LogP contribution in [0.5, 0.6) is 0 Å². The lowest BCUT2D eigenvalue weighted by atomic mass is 10.00. The van der Waals surface area contributed by atoms with Gasteiger partial charge < -0.3 is 10.6 Å². The molecule has 1 aliphatic heterocycles. The molecule has 0 saturated carbocycles. The smallest absolute Gasteiger partial charge is 0.151 e. The molecule has 0 fully saturated rings. The molecule has 0 radical (unpaired) electrons. The first-order chi connectivity index (χ1) is 9.65. The third-order valence-electron chi connectivity index (χ3n) is 3.52. The Labute approximate surface area is 123 Å². The number of nitrogens with zero attached hydrogens (tertiary/aromatic N) is 3. The van der Waals surface area contributed by atoms with Gasteiger partial charge in [-0.25, -0.2) is 9.97 Å². The van der Waals surface area contributed by atoms with Crippen molar-refractivity contribution in [3.63, 3.8) is 0 Å². The molecule has 0 amide bonds. The number of aromatic nitrogens is 2. The van der Waals surface area contributed by atoms with Crippen molar-refractivity contribution in [2.75, 3.05) is 11.4 Å². The second-order valence-electron chi connectivity index (χ2n) is 5.01. The van der Waals surface area contributed by atoms with Crippen LogP contribution in [0.3, 0.4) is 0 Å². The molecule has 0 atom stereocenters. The van der Waals surface area contributed by atoms with Gasteiger partial charge in [-0.05, 0) is 31.4 Å². The summed E-state index contributed by atoms with van der Waals surface area (Å²) in [5.41, 5.74) is 10.00. The van der Waals surface area contributed by atoms with E-state index in [9.17, 15) is 0 Å². The molecule has 0 bridgehead atoms. The van der Waals surface area contributed by atoms with Gasteiger partial charge in [0, 0.05) is 12.2 Å². The normalized spacial score (nSPS) is 13.9. The second kappa shape index (κ2) is 5.17. The minimum absolute atomic E-state index is 0.277. The lowest BCUT2D eigenvalue weighted by molar-refractivity contribution is 0.757. The average Bonchev–Trinajstić information content (AvgIpc) is 2.46. The third-order valence-corrected chi connectivity index (χ3v) is 3.73. The number of thiocarbonyl (C=S) groups is 1. The first-order valence-corrected chi connectivity index (χ1v) is 7.05. The molecule has 1 aliphatic rings. The van der Waals surface area contributed by atoms with E-state index in [0.29, 0.717) is 5.69 Å². The van der Waals surface area contributed by atoms with Crippen molar-refractivity contribution < 1.29 is 0 Å². The monoisotopic (exact) mass is 284 g/mol. The Morgan fingerprint density at radius 2 is 2.15 bits per heavy atom. The highest BCUT2D eigenvalue weighted by atomic mass is 32.1. The van der Waals surface area contributed by atoms with E-state index in [-0.39, 0.29) is 4.99 Å². The number of hydrogen-bond donors (Lipinski definition) is 1. The van der Waals surface area contributed by atoms with Crippen LogP contribution >= 0.6 is 12.2 Å². The summed E-state index contributed by atoms with van der Waals surface area (Å²) in [6.07, 6.45) is 5.62. The van der Waals surface area contributed by atoms with Crippen LogP contribution in [0, 0.1) is 6.92 Å². The Balaban J connectivity index is 1.98. The van der Waals surface area contributed by atoms with Gasteiger partial charge in [0.2, 0.25) is 0 Å². The van der Waals surface area contributed by atoms with Crippen molar-refractivity contribution in [2.45, 2.75) is 19.8 Å². The van der Waals surface area contributed by atoms with Crippen LogP contribution in [0.4, 0.5) is 11.5 Å². The topological polar surface area (TPSA) is 55.0 Å². The summed E-state index contributed by atoms with van der Waals surface area (Å²) in [5, 5.41) is 0. The van der Waals surface area contributed by atoms with Gasteiger partial charge in [0.05, 0.1) is 12.4 Å². The fourth-order valence-electron chi connectivity index (χ4n) is 2.55. The zero-order valence-electron chi connectivity index (χ0n) is 11.3. The second-order valence-corrected chi connectivity index (χ2v) is 5.45. The maximum Gasteiger partial charge on any atom is 0.151 e. The zero-order chi connectivity index (χ0) is 14.1. The molecular formula is C15H16N4S. The predicted molar refractivity (Wildman–Crippen MR) is 84.4 cm³/mol. The largest absolute Gasteiger partial charge is 0.388 e. The third kappa shape index (κ3) is 2.36. The van der Waals surface area contributed by atoms with Gasteiger partial charge >= 0.3 is 0 Å². The van der Waals surface area contributed by atoms with Crippen molar-refractivity contribution >= 4 is 28.7 Å². The molecule has 0 unspecified atom stereocenters. The first-order valence-electron chi connectivity index (χ1n) is 6.64. The minimum Gasteiger partial charge on any atom is -0.388 e. The summed E-state index contributed by atoms with van der Waals surface area (Å²) >= 11 is 4.90. The summed E-state index contributed by atoms with van der Waals surface area (Å²) in [4.78, 5) is 11.2. The van der Waals surface area contributed by atoms with E-state index in [2.05, 4.69) is 40.0 Å². The van der Waals surface area contributed by atoms with Crippen LogP contribution in [0.2, 0.25) is 0 Å². The molecule has 20 heavy (non-hydrogen) atoms. The fraction of sp³-hybridized carbons (Fsp3) is 0.267. The number of nitrogens with two attached hydrogens (primary N) is 1. The lowest BCUT2D eigenvalue weighted by Crippen LogP contribution is -2.26. The van der Waals surface area contributed by atoms with E-state index >= 15 is 0 Å². The Bertz CT molecular complexity index is 651. The van der Waals surface area contributed by atoms with E-state index in [1.165, 1.54) is 16.8 Å². The molecule has 1 aromatic carbocycles. The van der Waals surface area contributed by atoms with Crippen molar-refractivity contribution in [1.82, 2.24) is 9.97 Å². The number of fused-ring (bicyclic) bond motifs is 1. The Kier molecular flexibility index (Phi) is 3.36. The summed E-state index contributed by atoms with van der Waals surface area (Å²) in [6, 6.07) is 6.54. The molecule has 3 rings (SSSR count). The van der Waals surface area contributed by atoms with Gasteiger partial charge in [0.25, 0.3) is 0 Å². The molecule has 2 aromatic rings. The van der Waals surface area contributed by atoms with Gasteiger partial charge in [-0.1, -0.05) is 29.9 Å². The van der Waals surface area contributed by atoms with E-state index in [4.69, 9.17) is 18.0 Å². The molecule has 2 N–H and O–H groups in total. The summed E-state index contributed by atoms with van der Waals surface area (Å²) in [6.45, 7) is 3.08. The van der Waals surface area contributed by atoms with Gasteiger partial charge in [-0.15, -0.1) is 0 Å². The number of rotatable bonds is 2. The van der Waals surface area contributed by atoms with Crippen LogP contribution in [0.25, 0.3) is 0 Å². The van der Waals surface area contributed by atoms with Gasteiger partial charge in [0.15, 0.2) is 5.82 Å². The van der Waals surface area contributed by atoms with E-state index in [0.717, 1.165) is 25.2 Å². The van der Waals surface area contributed by atoms with Crippen LogP contribution in [-0.2, 0) is 6.42 Å². The molecule has 2 heterocycles. The van der Waals surface area contributed by atoms with Crippen molar-refractivity contribution in [1.29, 1.82) is 0 Å². The van der Waals surface area contributed by atoms with Crippen molar-refractivity contribution in [3.05, 3.63) is 47.4 Å². The Morgan fingerprint density at radius 1 is 1.30 bits per heavy atom. The molecule has 4 nitrogen and oxygen atoms in total. The molecule has 0 spiro atoms. The molecule has 1 aromatic heterocycles. The van der Waals surface area contributed by atoms with E-state index < -0.39 is 0 Å². The highest BCUT2D eigenvalue weighted by Crippen LogP contribution is 2.32. The van der Waals surface area contributed by atoms with Crippen LogP contribution in [0.1, 0.15) is 23.2 Å². The highest BCUT2D eigenvalue weighted by Gasteiger charge is 2.19. The van der Waals surface area contributed by atoms with Crippen LogP contribution in [-0.4, -0.2) is 21.5 Å². The minimum atomic E-state index is 0.277. The molecule has 102 valence electrons. The molecule has 5 heteroatoms. The molecule has 0 saturated heterocycles. The van der Waals surface area contributed by atoms with Crippen molar-refractivity contribution in [3.8, 4) is 0 Å². The fourth-order valence-corrected chi connectivity index (χ4v) is 2.66. The lowest BCUT2D eigenvalue weighted by Gasteiger charge is -2.30. The predicted octanol–water partition coefficient (Wildman–Crippen LogP) is 2.50. The number of anilines is 2. The van der Waals surface area contributed by atoms with Crippen LogP contribution in [0.15, 0.2) is 30.6 Å². The average molecular weight is 284 g/mol. The Morgan fingerprint density at radius 3 is 2.85 bits per heavy atom. The standard InChI is InChI=1S/C15H16N4S/c1-10-4-5-13-11(7-10)3-2-6-19(13)14-9-17-12(8-18-14)15(16)20/h4-5,7-9H,2-3,6H2,1H3,(H2,16,20). The maximum absolute atomic E-state index is 5.55. The van der Waals surface area contributed by atoms with Gasteiger partial charge in [-0.2, -0.15) is 0 Å². The Hall–Kier alpha value is -2.01. The zero-order valence-corrected chi connectivity index (χ0v) is 12.2. The summed E-state index contributed by atoms with van der Waals surface area (Å²) in [5.74, 6) is 0.842. The molecular weight excluding hydrogens is 268 g/mol. The summed E-state index contributed by atoms with van der Waals surface area (Å²) < 4.78 is 0.